The number of fused-ring (bicyclic) bond motifs is 6. The largest absolute Gasteiger partial charge is 0.458 e. The van der Waals surface area contributed by atoms with Crippen molar-refractivity contribution in [2.45, 2.75) is 32.1 Å². The fraction of sp³-hybridized carbons (Fsp3) is 0.179. The van der Waals surface area contributed by atoms with E-state index in [0.29, 0.717) is 29.1 Å². The number of benzene rings is 2. The Kier molecular flexibility index (Phi) is 3.97. The first-order valence-electron chi connectivity index (χ1n) is 11.7. The number of nitrogens with one attached hydrogen (secondary N) is 1. The number of aromatic amines is 1. The molecule has 1 atom stereocenters. The molecule has 0 radical (unpaired) electrons. The normalized spacial score (nSPS) is 18.4. The van der Waals surface area contributed by atoms with Crippen LogP contribution in [0.5, 0.6) is 0 Å². The Morgan fingerprint density at radius 2 is 1.97 bits per heavy atom. The highest BCUT2D eigenvalue weighted by Crippen LogP contribution is 2.43. The van der Waals surface area contributed by atoms with Crippen LogP contribution < -0.4 is 5.56 Å². The summed E-state index contributed by atoms with van der Waals surface area (Å²) in [6.45, 7) is 1.92. The molecule has 7 nitrogen and oxygen atoms in total. The maximum absolute atomic E-state index is 13.6. The molecule has 5 aromatic rings. The SMILES string of the molecule is CC[C@@]1(O)C(=O)OCc2c1cc1n(c2=O)Cc2c-1nc1ccccc1c2-c1ccc2[nH]ccc2c1. The number of cyclic esters (lactones) is 1. The third-order valence-corrected chi connectivity index (χ3v) is 7.44. The molecule has 172 valence electrons. The van der Waals surface area contributed by atoms with Gasteiger partial charge in [0.05, 0.1) is 29.0 Å². The number of aliphatic hydroxyl groups is 1. The van der Waals surface area contributed by atoms with Gasteiger partial charge in [-0.05, 0) is 53.3 Å². The summed E-state index contributed by atoms with van der Waals surface area (Å²) < 4.78 is 6.88. The maximum Gasteiger partial charge on any atom is 0.343 e. The molecular formula is C28H21N3O4. The zero-order valence-electron chi connectivity index (χ0n) is 19.0. The van der Waals surface area contributed by atoms with E-state index in [1.165, 1.54) is 0 Å². The molecule has 0 saturated heterocycles. The van der Waals surface area contributed by atoms with E-state index in [0.717, 1.165) is 38.5 Å². The molecule has 0 unspecified atom stereocenters. The predicted octanol–water partition coefficient (Wildman–Crippen LogP) is 4.23. The smallest absolute Gasteiger partial charge is 0.343 e. The lowest BCUT2D eigenvalue weighted by Crippen LogP contribution is -2.44. The number of carbonyl (C=O) groups excluding carboxylic acids is 1. The fourth-order valence-electron chi connectivity index (χ4n) is 5.57. The van der Waals surface area contributed by atoms with Gasteiger partial charge in [0.15, 0.2) is 5.60 Å². The molecule has 0 bridgehead atoms. The van der Waals surface area contributed by atoms with Gasteiger partial charge in [-0.15, -0.1) is 0 Å². The van der Waals surface area contributed by atoms with Crippen molar-refractivity contribution in [3.8, 4) is 22.5 Å². The molecule has 2 aliphatic rings. The highest BCUT2D eigenvalue weighted by atomic mass is 16.6. The molecule has 0 aliphatic carbocycles. The number of hydrogen-bond acceptors (Lipinski definition) is 5. The van der Waals surface area contributed by atoms with Crippen molar-refractivity contribution in [2.75, 3.05) is 0 Å². The highest BCUT2D eigenvalue weighted by molar-refractivity contribution is 6.01. The van der Waals surface area contributed by atoms with Gasteiger partial charge in [-0.25, -0.2) is 9.78 Å². The summed E-state index contributed by atoms with van der Waals surface area (Å²) in [7, 11) is 0. The van der Waals surface area contributed by atoms with Crippen LogP contribution in [0.3, 0.4) is 0 Å². The molecular weight excluding hydrogens is 442 g/mol. The Labute approximate surface area is 199 Å². The Bertz CT molecular complexity index is 1780. The summed E-state index contributed by atoms with van der Waals surface area (Å²) in [6, 6.07) is 18.0. The number of hydrogen-bond donors (Lipinski definition) is 2. The molecule has 0 spiro atoms. The zero-order valence-corrected chi connectivity index (χ0v) is 19.0. The number of pyridine rings is 2. The molecule has 7 heteroatoms. The molecule has 2 aliphatic heterocycles. The fourth-order valence-corrected chi connectivity index (χ4v) is 5.57. The number of ether oxygens (including phenoxy) is 1. The van der Waals surface area contributed by atoms with Crippen molar-refractivity contribution in [3.05, 3.63) is 87.8 Å². The number of aromatic nitrogens is 3. The van der Waals surface area contributed by atoms with Crippen LogP contribution in [0, 0.1) is 0 Å². The Morgan fingerprint density at radius 1 is 1.11 bits per heavy atom. The standard InChI is InChI=1S/C28H21N3O4/c1-2-28(34)20-12-23-25-18(13-31(23)26(32)19(20)14-35-27(28)33)24(17-5-3-4-6-22(17)30-25)16-7-8-21-15(11-16)9-10-29-21/h3-12,29,34H,2,13-14H2,1H3/t28-/m0/s1. The molecule has 5 heterocycles. The average Bonchev–Trinajstić information content (AvgIpc) is 3.49. The van der Waals surface area contributed by atoms with Crippen LogP contribution in [-0.2, 0) is 28.3 Å². The molecule has 2 aromatic carbocycles. The summed E-state index contributed by atoms with van der Waals surface area (Å²) in [5, 5.41) is 13.3. The molecule has 7 rings (SSSR count). The van der Waals surface area contributed by atoms with E-state index < -0.39 is 11.6 Å². The Morgan fingerprint density at radius 3 is 2.83 bits per heavy atom. The van der Waals surface area contributed by atoms with E-state index in [1.54, 1.807) is 17.6 Å². The zero-order chi connectivity index (χ0) is 23.9. The van der Waals surface area contributed by atoms with E-state index in [4.69, 9.17) is 9.72 Å². The van der Waals surface area contributed by atoms with E-state index in [1.807, 2.05) is 30.5 Å². The first kappa shape index (κ1) is 20.2. The summed E-state index contributed by atoms with van der Waals surface area (Å²) in [6.07, 6.45) is 2.03. The average molecular weight is 463 g/mol. The van der Waals surface area contributed by atoms with Gasteiger partial charge in [0, 0.05) is 28.2 Å². The van der Waals surface area contributed by atoms with Crippen molar-refractivity contribution in [1.82, 2.24) is 14.5 Å². The monoisotopic (exact) mass is 463 g/mol. The van der Waals surface area contributed by atoms with Crippen molar-refractivity contribution >= 4 is 27.8 Å². The van der Waals surface area contributed by atoms with Crippen LogP contribution in [0.25, 0.3) is 44.3 Å². The van der Waals surface area contributed by atoms with Gasteiger partial charge in [-0.1, -0.05) is 31.2 Å². The quantitative estimate of drug-likeness (QED) is 0.375. The molecule has 35 heavy (non-hydrogen) atoms. The second kappa shape index (κ2) is 6.90. The van der Waals surface area contributed by atoms with Gasteiger partial charge < -0.3 is 19.4 Å². The number of carbonyl (C=O) groups is 1. The van der Waals surface area contributed by atoms with Crippen LogP contribution in [0.1, 0.15) is 30.0 Å². The summed E-state index contributed by atoms with van der Waals surface area (Å²) >= 11 is 0. The first-order valence-corrected chi connectivity index (χ1v) is 11.7. The number of para-hydroxylation sites is 1. The van der Waals surface area contributed by atoms with Gasteiger partial charge in [-0.2, -0.15) is 0 Å². The van der Waals surface area contributed by atoms with Gasteiger partial charge in [0.25, 0.3) is 5.56 Å². The maximum atomic E-state index is 13.6. The van der Waals surface area contributed by atoms with Crippen molar-refractivity contribution in [2.24, 2.45) is 0 Å². The van der Waals surface area contributed by atoms with E-state index in [9.17, 15) is 14.7 Å². The van der Waals surface area contributed by atoms with Gasteiger partial charge in [0.1, 0.15) is 6.61 Å². The molecule has 0 fully saturated rings. The van der Waals surface area contributed by atoms with Gasteiger partial charge in [-0.3, -0.25) is 4.79 Å². The minimum Gasteiger partial charge on any atom is -0.458 e. The van der Waals surface area contributed by atoms with Crippen molar-refractivity contribution in [3.63, 3.8) is 0 Å². The second-order valence-corrected chi connectivity index (χ2v) is 9.21. The van der Waals surface area contributed by atoms with Crippen molar-refractivity contribution in [1.29, 1.82) is 0 Å². The number of rotatable bonds is 2. The Hall–Kier alpha value is -4.23. The first-order chi connectivity index (χ1) is 17.0. The lowest BCUT2D eigenvalue weighted by atomic mass is 9.86. The van der Waals surface area contributed by atoms with Crippen molar-refractivity contribution < 1.29 is 14.6 Å². The van der Waals surface area contributed by atoms with Crippen LogP contribution in [0.2, 0.25) is 0 Å². The third-order valence-electron chi connectivity index (χ3n) is 7.44. The third kappa shape index (κ3) is 2.61. The van der Waals surface area contributed by atoms with Gasteiger partial charge >= 0.3 is 5.97 Å². The Balaban J connectivity index is 1.55. The van der Waals surface area contributed by atoms with Crippen LogP contribution in [0.15, 0.2) is 65.6 Å². The summed E-state index contributed by atoms with van der Waals surface area (Å²) in [5.74, 6) is -0.720. The second-order valence-electron chi connectivity index (χ2n) is 9.21. The van der Waals surface area contributed by atoms with E-state index in [2.05, 4.69) is 29.2 Å². The molecule has 0 saturated carbocycles. The van der Waals surface area contributed by atoms with E-state index >= 15 is 0 Å². The lowest BCUT2D eigenvalue weighted by molar-refractivity contribution is -0.172. The van der Waals surface area contributed by atoms with Crippen LogP contribution >= 0.6 is 0 Å². The summed E-state index contributed by atoms with van der Waals surface area (Å²) in [5.41, 5.74) is 4.76. The highest BCUT2D eigenvalue weighted by Gasteiger charge is 2.45. The molecule has 3 aromatic heterocycles. The number of nitrogens with zero attached hydrogens (tertiary/aromatic N) is 2. The van der Waals surface area contributed by atoms with Crippen LogP contribution in [0.4, 0.5) is 0 Å². The lowest BCUT2D eigenvalue weighted by Gasteiger charge is -2.31. The predicted molar refractivity (Wildman–Crippen MR) is 132 cm³/mol. The number of H-pyrrole nitrogens is 1. The topological polar surface area (TPSA) is 97.2 Å². The molecule has 0 amide bonds. The van der Waals surface area contributed by atoms with E-state index in [-0.39, 0.29) is 18.6 Å². The minimum atomic E-state index is -1.84. The van der Waals surface area contributed by atoms with Crippen LogP contribution in [-0.4, -0.2) is 25.6 Å². The molecule has 2 N–H and O–H groups in total. The number of esters is 1. The summed E-state index contributed by atoms with van der Waals surface area (Å²) in [4.78, 5) is 34.3. The van der Waals surface area contributed by atoms with Gasteiger partial charge in [0.2, 0.25) is 0 Å². The minimum absolute atomic E-state index is 0.113.